The Morgan fingerprint density at radius 3 is 2.60 bits per heavy atom. The molecule has 0 spiro atoms. The smallest absolute Gasteiger partial charge is 0.0761 e. The van der Waals surface area contributed by atoms with Gasteiger partial charge in [0.05, 0.1) is 13.6 Å². The normalized spacial score (nSPS) is 12.7. The van der Waals surface area contributed by atoms with Crippen molar-refractivity contribution in [1.82, 2.24) is 5.32 Å². The van der Waals surface area contributed by atoms with E-state index in [-0.39, 0.29) is 6.04 Å². The first-order valence-corrected chi connectivity index (χ1v) is 9.25. The van der Waals surface area contributed by atoms with E-state index in [0.29, 0.717) is 0 Å². The van der Waals surface area contributed by atoms with Crippen LogP contribution < -0.4 is 5.32 Å². The predicted octanol–water partition coefficient (Wildman–Crippen LogP) is 6.32. The van der Waals surface area contributed by atoms with Crippen molar-refractivity contribution >= 4 is 54.8 Å². The number of rotatable bonds is 5. The Hall–Kier alpha value is 0.130. The topological polar surface area (TPSA) is 12.0 Å². The van der Waals surface area contributed by atoms with Gasteiger partial charge in [0, 0.05) is 5.02 Å². The molecule has 2 rings (SSSR count). The molecule has 1 aromatic heterocycles. The van der Waals surface area contributed by atoms with Gasteiger partial charge >= 0.3 is 0 Å². The average molecular weight is 438 g/mol. The van der Waals surface area contributed by atoms with E-state index in [9.17, 15) is 0 Å². The molecular weight excluding hydrogens is 422 g/mol. The SMILES string of the molecule is CCCNC(c1ccc(C)c(Cl)c1)c1cc(Br)sc1Br. The molecule has 0 bridgehead atoms. The van der Waals surface area contributed by atoms with Crippen molar-refractivity contribution in [3.05, 3.63) is 53.6 Å². The van der Waals surface area contributed by atoms with E-state index in [0.717, 1.165) is 31.1 Å². The molecular formula is C15H16Br2ClNS. The van der Waals surface area contributed by atoms with Crippen molar-refractivity contribution in [3.63, 3.8) is 0 Å². The number of hydrogen-bond acceptors (Lipinski definition) is 2. The molecule has 0 amide bonds. The second-order valence-electron chi connectivity index (χ2n) is 4.68. The van der Waals surface area contributed by atoms with E-state index in [1.54, 1.807) is 11.3 Å². The number of thiophene rings is 1. The fourth-order valence-corrected chi connectivity index (χ4v) is 5.13. The van der Waals surface area contributed by atoms with Crippen molar-refractivity contribution < 1.29 is 0 Å². The summed E-state index contributed by atoms with van der Waals surface area (Å²) in [5.41, 5.74) is 3.55. The maximum Gasteiger partial charge on any atom is 0.0761 e. The first kappa shape index (κ1) is 16.5. The Bertz CT molecular complexity index is 598. The van der Waals surface area contributed by atoms with E-state index >= 15 is 0 Å². The highest BCUT2D eigenvalue weighted by atomic mass is 79.9. The molecule has 1 atom stereocenters. The predicted molar refractivity (Wildman–Crippen MR) is 96.0 cm³/mol. The molecule has 1 unspecified atom stereocenters. The number of nitrogens with one attached hydrogen (secondary N) is 1. The zero-order valence-corrected chi connectivity index (χ0v) is 16.1. The summed E-state index contributed by atoms with van der Waals surface area (Å²) in [7, 11) is 0. The molecule has 0 aliphatic carbocycles. The second kappa shape index (κ2) is 7.41. The minimum Gasteiger partial charge on any atom is -0.306 e. The molecule has 0 saturated carbocycles. The van der Waals surface area contributed by atoms with Gasteiger partial charge in [-0.25, -0.2) is 0 Å². The van der Waals surface area contributed by atoms with Crippen LogP contribution in [-0.4, -0.2) is 6.54 Å². The Balaban J connectivity index is 2.41. The van der Waals surface area contributed by atoms with E-state index < -0.39 is 0 Å². The first-order valence-electron chi connectivity index (χ1n) is 6.47. The summed E-state index contributed by atoms with van der Waals surface area (Å²) in [6, 6.07) is 8.60. The minimum absolute atomic E-state index is 0.157. The van der Waals surface area contributed by atoms with Crippen molar-refractivity contribution in [3.8, 4) is 0 Å². The molecule has 2 aromatic rings. The lowest BCUT2D eigenvalue weighted by molar-refractivity contribution is 0.598. The third kappa shape index (κ3) is 3.86. The third-order valence-corrected chi connectivity index (χ3v) is 5.91. The van der Waals surface area contributed by atoms with Gasteiger partial charge in [0.25, 0.3) is 0 Å². The van der Waals surface area contributed by atoms with Crippen LogP contribution in [0, 0.1) is 6.92 Å². The van der Waals surface area contributed by atoms with Crippen LogP contribution in [0.5, 0.6) is 0 Å². The maximum absolute atomic E-state index is 6.28. The Morgan fingerprint density at radius 2 is 2.05 bits per heavy atom. The van der Waals surface area contributed by atoms with Crippen LogP contribution in [0.3, 0.4) is 0 Å². The molecule has 1 aromatic carbocycles. The largest absolute Gasteiger partial charge is 0.306 e. The van der Waals surface area contributed by atoms with Crippen molar-refractivity contribution in [2.75, 3.05) is 6.54 Å². The second-order valence-corrected chi connectivity index (χ2v) is 8.83. The zero-order chi connectivity index (χ0) is 14.7. The number of benzene rings is 1. The van der Waals surface area contributed by atoms with Gasteiger partial charge in [-0.3, -0.25) is 0 Å². The molecule has 1 heterocycles. The molecule has 0 fully saturated rings. The van der Waals surface area contributed by atoms with Gasteiger partial charge in [-0.05, 0) is 80.6 Å². The fourth-order valence-electron chi connectivity index (χ4n) is 2.03. The molecule has 20 heavy (non-hydrogen) atoms. The highest BCUT2D eigenvalue weighted by molar-refractivity contribution is 9.12. The summed E-state index contributed by atoms with van der Waals surface area (Å²) >= 11 is 15.2. The molecule has 0 radical (unpaired) electrons. The highest BCUT2D eigenvalue weighted by Crippen LogP contribution is 2.38. The summed E-state index contributed by atoms with van der Waals surface area (Å²) in [5.74, 6) is 0. The van der Waals surface area contributed by atoms with Gasteiger partial charge in [0.2, 0.25) is 0 Å². The highest BCUT2D eigenvalue weighted by Gasteiger charge is 2.19. The lowest BCUT2D eigenvalue weighted by Crippen LogP contribution is -2.23. The van der Waals surface area contributed by atoms with Crippen LogP contribution in [0.2, 0.25) is 5.02 Å². The van der Waals surface area contributed by atoms with Gasteiger partial charge in [0.1, 0.15) is 0 Å². The van der Waals surface area contributed by atoms with Gasteiger partial charge in [-0.15, -0.1) is 11.3 Å². The Labute approximate surface area is 146 Å². The minimum atomic E-state index is 0.157. The molecule has 108 valence electrons. The van der Waals surface area contributed by atoms with E-state index in [4.69, 9.17) is 11.6 Å². The van der Waals surface area contributed by atoms with Gasteiger partial charge in [0.15, 0.2) is 0 Å². The van der Waals surface area contributed by atoms with Crippen LogP contribution in [0.4, 0.5) is 0 Å². The van der Waals surface area contributed by atoms with Crippen LogP contribution in [0.25, 0.3) is 0 Å². The van der Waals surface area contributed by atoms with Crippen LogP contribution in [-0.2, 0) is 0 Å². The summed E-state index contributed by atoms with van der Waals surface area (Å²) < 4.78 is 2.27. The fraction of sp³-hybridized carbons (Fsp3) is 0.333. The monoisotopic (exact) mass is 435 g/mol. The van der Waals surface area contributed by atoms with Gasteiger partial charge in [-0.2, -0.15) is 0 Å². The average Bonchev–Trinajstić information content (AvgIpc) is 2.73. The Morgan fingerprint density at radius 1 is 1.30 bits per heavy atom. The summed E-state index contributed by atoms with van der Waals surface area (Å²) in [5, 5.41) is 4.42. The van der Waals surface area contributed by atoms with Crippen molar-refractivity contribution in [2.45, 2.75) is 26.3 Å². The zero-order valence-electron chi connectivity index (χ0n) is 11.3. The number of aryl methyl sites for hydroxylation is 1. The summed E-state index contributed by atoms with van der Waals surface area (Å²) in [6.45, 7) is 5.17. The molecule has 1 nitrogen and oxygen atoms in total. The molecule has 1 N–H and O–H groups in total. The third-order valence-electron chi connectivity index (χ3n) is 3.12. The molecule has 5 heteroatoms. The van der Waals surface area contributed by atoms with Crippen LogP contribution in [0.15, 0.2) is 31.8 Å². The summed E-state index contributed by atoms with van der Waals surface area (Å²) in [4.78, 5) is 0. The standard InChI is InChI=1S/C15H16Br2ClNS/c1-3-6-19-14(11-8-13(16)20-15(11)17)10-5-4-9(2)12(18)7-10/h4-5,7-8,14,19H,3,6H2,1-2H3. The molecule has 0 aliphatic rings. The van der Waals surface area contributed by atoms with Gasteiger partial charge < -0.3 is 5.32 Å². The lowest BCUT2D eigenvalue weighted by atomic mass is 10.00. The van der Waals surface area contributed by atoms with Crippen LogP contribution in [0.1, 0.15) is 36.1 Å². The van der Waals surface area contributed by atoms with Crippen molar-refractivity contribution in [2.24, 2.45) is 0 Å². The molecule has 0 aliphatic heterocycles. The van der Waals surface area contributed by atoms with Crippen LogP contribution >= 0.6 is 54.8 Å². The lowest BCUT2D eigenvalue weighted by Gasteiger charge is -2.19. The maximum atomic E-state index is 6.28. The molecule has 0 saturated heterocycles. The Kier molecular flexibility index (Phi) is 6.11. The van der Waals surface area contributed by atoms with Crippen molar-refractivity contribution in [1.29, 1.82) is 0 Å². The van der Waals surface area contributed by atoms with E-state index in [2.05, 4.69) is 68.4 Å². The quantitative estimate of drug-likeness (QED) is 0.577. The summed E-state index contributed by atoms with van der Waals surface area (Å²) in [6.07, 6.45) is 1.10. The first-order chi connectivity index (χ1) is 9.52. The van der Waals surface area contributed by atoms with E-state index in [1.165, 1.54) is 11.1 Å². The van der Waals surface area contributed by atoms with E-state index in [1.807, 2.05) is 6.92 Å². The number of hydrogen-bond donors (Lipinski definition) is 1. The number of halogens is 3. The van der Waals surface area contributed by atoms with Gasteiger partial charge in [-0.1, -0.05) is 30.7 Å².